The lowest BCUT2D eigenvalue weighted by Crippen LogP contribution is -2.49. The van der Waals surface area contributed by atoms with E-state index >= 15 is 0 Å². The molecule has 2 rings (SSSR count). The van der Waals surface area contributed by atoms with Crippen molar-refractivity contribution in [2.45, 2.75) is 26.1 Å². The molecule has 1 heterocycles. The van der Waals surface area contributed by atoms with Gasteiger partial charge >= 0.3 is 5.97 Å². The molecule has 0 bridgehead atoms. The lowest BCUT2D eigenvalue weighted by molar-refractivity contribution is -0.154. The minimum absolute atomic E-state index is 0.0318. The van der Waals surface area contributed by atoms with Gasteiger partial charge in [-0.3, -0.25) is 4.79 Å². The maximum Gasteiger partial charge on any atom is 0.331 e. The molecule has 130 valence electrons. The second-order valence-electron chi connectivity index (χ2n) is 5.63. The number of hydrogen-bond acceptors (Lipinski definition) is 4. The third kappa shape index (κ3) is 5.23. The summed E-state index contributed by atoms with van der Waals surface area (Å²) in [6.07, 6.45) is 2.60. The van der Waals surface area contributed by atoms with Gasteiger partial charge in [-0.05, 0) is 32.1 Å². The lowest BCUT2D eigenvalue weighted by Gasteiger charge is -2.35. The Bertz CT molecular complexity index is 617. The van der Waals surface area contributed by atoms with E-state index in [4.69, 9.17) is 32.7 Å². The highest BCUT2D eigenvalue weighted by Crippen LogP contribution is 2.25. The van der Waals surface area contributed by atoms with Crippen LogP contribution in [0.15, 0.2) is 24.3 Å². The number of amides is 1. The molecule has 2 atom stereocenters. The molecule has 0 radical (unpaired) electrons. The van der Waals surface area contributed by atoms with Crippen LogP contribution in [0.3, 0.4) is 0 Å². The van der Waals surface area contributed by atoms with Crippen LogP contribution in [0.5, 0.6) is 0 Å². The second-order valence-corrected chi connectivity index (χ2v) is 6.45. The van der Waals surface area contributed by atoms with E-state index in [1.807, 2.05) is 13.8 Å². The van der Waals surface area contributed by atoms with Gasteiger partial charge in [0.1, 0.15) is 0 Å². The van der Waals surface area contributed by atoms with Gasteiger partial charge in [-0.2, -0.15) is 0 Å². The molecule has 1 saturated heterocycles. The van der Waals surface area contributed by atoms with Crippen LogP contribution in [0.25, 0.3) is 6.08 Å². The standard InChI is InChI=1S/C17H19Cl2NO4/c1-11-8-20(9-12(2)24-11)16(21)10-23-17(22)7-6-13-14(18)4-3-5-15(13)19/h3-7,11-12H,8-10H2,1-2H3/b7-6+/t11-,12-/m0/s1. The summed E-state index contributed by atoms with van der Waals surface area (Å²) in [4.78, 5) is 25.5. The first-order valence-corrected chi connectivity index (χ1v) is 8.34. The van der Waals surface area contributed by atoms with E-state index in [0.29, 0.717) is 28.7 Å². The largest absolute Gasteiger partial charge is 0.452 e. The van der Waals surface area contributed by atoms with Crippen LogP contribution in [0.2, 0.25) is 10.0 Å². The van der Waals surface area contributed by atoms with Gasteiger partial charge in [0.05, 0.1) is 12.2 Å². The van der Waals surface area contributed by atoms with Crippen molar-refractivity contribution in [3.05, 3.63) is 39.9 Å². The molecule has 1 fully saturated rings. The highest BCUT2D eigenvalue weighted by atomic mass is 35.5. The molecule has 1 aliphatic rings. The Kier molecular flexibility index (Phi) is 6.66. The average molecular weight is 372 g/mol. The van der Waals surface area contributed by atoms with Gasteiger partial charge in [0.2, 0.25) is 0 Å². The molecule has 1 aliphatic heterocycles. The van der Waals surface area contributed by atoms with Crippen molar-refractivity contribution in [3.63, 3.8) is 0 Å². The zero-order chi connectivity index (χ0) is 17.7. The Morgan fingerprint density at radius 1 is 1.25 bits per heavy atom. The highest BCUT2D eigenvalue weighted by molar-refractivity contribution is 6.37. The van der Waals surface area contributed by atoms with E-state index in [-0.39, 0.29) is 24.7 Å². The quantitative estimate of drug-likeness (QED) is 0.602. The van der Waals surface area contributed by atoms with Gasteiger partial charge in [0, 0.05) is 34.8 Å². The number of hydrogen-bond donors (Lipinski definition) is 0. The number of esters is 1. The smallest absolute Gasteiger partial charge is 0.331 e. The van der Waals surface area contributed by atoms with Crippen molar-refractivity contribution < 1.29 is 19.1 Å². The van der Waals surface area contributed by atoms with Gasteiger partial charge in [-0.15, -0.1) is 0 Å². The zero-order valence-corrected chi connectivity index (χ0v) is 15.0. The summed E-state index contributed by atoms with van der Waals surface area (Å²) in [6, 6.07) is 5.05. The summed E-state index contributed by atoms with van der Waals surface area (Å²) in [5.41, 5.74) is 0.528. The fraction of sp³-hybridized carbons (Fsp3) is 0.412. The van der Waals surface area contributed by atoms with Crippen LogP contribution >= 0.6 is 23.2 Å². The van der Waals surface area contributed by atoms with E-state index in [1.54, 1.807) is 23.1 Å². The Labute approximate surface area is 151 Å². The molecule has 0 unspecified atom stereocenters. The molecule has 5 nitrogen and oxygen atoms in total. The fourth-order valence-corrected chi connectivity index (χ4v) is 3.00. The second kappa shape index (κ2) is 8.51. The first kappa shape index (κ1) is 18.8. The van der Waals surface area contributed by atoms with E-state index in [2.05, 4.69) is 0 Å². The van der Waals surface area contributed by atoms with Crippen LogP contribution in [0.1, 0.15) is 19.4 Å². The van der Waals surface area contributed by atoms with E-state index in [1.165, 1.54) is 12.2 Å². The zero-order valence-electron chi connectivity index (χ0n) is 13.5. The Morgan fingerprint density at radius 3 is 2.42 bits per heavy atom. The van der Waals surface area contributed by atoms with Crippen LogP contribution in [0.4, 0.5) is 0 Å². The van der Waals surface area contributed by atoms with E-state index in [9.17, 15) is 9.59 Å². The molecular formula is C17H19Cl2NO4. The topological polar surface area (TPSA) is 55.8 Å². The number of rotatable bonds is 4. The van der Waals surface area contributed by atoms with Crippen molar-refractivity contribution in [1.29, 1.82) is 0 Å². The predicted octanol–water partition coefficient (Wildman–Crippen LogP) is 3.19. The maximum atomic E-state index is 12.1. The Hall–Kier alpha value is -1.56. The lowest BCUT2D eigenvalue weighted by atomic mass is 10.2. The maximum absolute atomic E-state index is 12.1. The van der Waals surface area contributed by atoms with Crippen molar-refractivity contribution in [2.75, 3.05) is 19.7 Å². The molecule has 0 N–H and O–H groups in total. The van der Waals surface area contributed by atoms with Crippen molar-refractivity contribution in [2.24, 2.45) is 0 Å². The number of halogens is 2. The van der Waals surface area contributed by atoms with Crippen molar-refractivity contribution in [1.82, 2.24) is 4.90 Å². The Balaban J connectivity index is 1.87. The molecule has 1 aromatic rings. The Morgan fingerprint density at radius 2 is 1.83 bits per heavy atom. The summed E-state index contributed by atoms with van der Waals surface area (Å²) in [5.74, 6) is -0.872. The SMILES string of the molecule is C[C@H]1CN(C(=O)COC(=O)/C=C/c2c(Cl)cccc2Cl)C[C@H](C)O1. The molecule has 24 heavy (non-hydrogen) atoms. The number of morpholine rings is 1. The monoisotopic (exact) mass is 371 g/mol. The van der Waals surface area contributed by atoms with E-state index in [0.717, 1.165) is 0 Å². The van der Waals surface area contributed by atoms with Crippen LogP contribution in [-0.4, -0.2) is 48.7 Å². The summed E-state index contributed by atoms with van der Waals surface area (Å²) in [5, 5.41) is 0.859. The summed E-state index contributed by atoms with van der Waals surface area (Å²) in [6.45, 7) is 4.48. The minimum Gasteiger partial charge on any atom is -0.452 e. The van der Waals surface area contributed by atoms with Crippen molar-refractivity contribution in [3.8, 4) is 0 Å². The third-order valence-corrected chi connectivity index (χ3v) is 4.16. The summed E-state index contributed by atoms with van der Waals surface area (Å²) >= 11 is 12.0. The number of benzene rings is 1. The van der Waals surface area contributed by atoms with Crippen LogP contribution in [0, 0.1) is 0 Å². The molecular weight excluding hydrogens is 353 g/mol. The minimum atomic E-state index is -0.631. The van der Waals surface area contributed by atoms with Gasteiger partial charge in [0.25, 0.3) is 5.91 Å². The van der Waals surface area contributed by atoms with Gasteiger partial charge < -0.3 is 14.4 Å². The molecule has 0 aliphatic carbocycles. The van der Waals surface area contributed by atoms with Gasteiger partial charge in [-0.1, -0.05) is 29.3 Å². The number of ether oxygens (including phenoxy) is 2. The molecule has 0 spiro atoms. The molecule has 0 aromatic heterocycles. The van der Waals surface area contributed by atoms with Crippen LogP contribution in [-0.2, 0) is 19.1 Å². The van der Waals surface area contributed by atoms with Gasteiger partial charge in [0.15, 0.2) is 6.61 Å². The average Bonchev–Trinajstić information content (AvgIpc) is 2.51. The molecule has 7 heteroatoms. The van der Waals surface area contributed by atoms with Crippen molar-refractivity contribution >= 4 is 41.2 Å². The number of carbonyl (C=O) groups excluding carboxylic acids is 2. The number of nitrogens with zero attached hydrogens (tertiary/aromatic N) is 1. The first-order valence-electron chi connectivity index (χ1n) is 7.59. The first-order chi connectivity index (χ1) is 11.4. The predicted molar refractivity (Wildman–Crippen MR) is 93.0 cm³/mol. The third-order valence-electron chi connectivity index (χ3n) is 3.50. The number of carbonyl (C=O) groups is 2. The summed E-state index contributed by atoms with van der Waals surface area (Å²) in [7, 11) is 0. The molecule has 1 amide bonds. The molecule has 0 saturated carbocycles. The van der Waals surface area contributed by atoms with Crippen LogP contribution < -0.4 is 0 Å². The van der Waals surface area contributed by atoms with Gasteiger partial charge in [-0.25, -0.2) is 4.79 Å². The molecule has 1 aromatic carbocycles. The normalized spacial score (nSPS) is 21.1. The fourth-order valence-electron chi connectivity index (χ4n) is 2.48. The van der Waals surface area contributed by atoms with E-state index < -0.39 is 5.97 Å². The summed E-state index contributed by atoms with van der Waals surface area (Å²) < 4.78 is 10.5. The highest BCUT2D eigenvalue weighted by Gasteiger charge is 2.26.